The molecule has 0 unspecified atom stereocenters. The van der Waals surface area contributed by atoms with Gasteiger partial charge in [0.1, 0.15) is 17.6 Å². The summed E-state index contributed by atoms with van der Waals surface area (Å²) in [5.41, 5.74) is 0.560. The Morgan fingerprint density at radius 1 is 1.05 bits per heavy atom. The van der Waals surface area contributed by atoms with Gasteiger partial charge in [-0.05, 0) is 54.1 Å². The molecule has 3 aromatic rings. The maximum absolute atomic E-state index is 14.0. The Morgan fingerprint density at radius 3 is 2.53 bits per heavy atom. The summed E-state index contributed by atoms with van der Waals surface area (Å²) in [6.45, 7) is 3.79. The summed E-state index contributed by atoms with van der Waals surface area (Å²) in [6, 6.07) is 12.3. The molecule has 202 valence electrons. The second-order valence-corrected chi connectivity index (χ2v) is 11.0. The zero-order chi connectivity index (χ0) is 26.3. The van der Waals surface area contributed by atoms with E-state index in [4.69, 9.17) is 9.15 Å². The second-order valence-electron chi connectivity index (χ2n) is 9.96. The Kier molecular flexibility index (Phi) is 8.88. The van der Waals surface area contributed by atoms with E-state index in [1.54, 1.807) is 23.1 Å². The Hall–Kier alpha value is -3.01. The van der Waals surface area contributed by atoms with Crippen molar-refractivity contribution in [1.82, 2.24) is 15.1 Å². The molecule has 0 spiro atoms. The third kappa shape index (κ3) is 6.70. The number of halogens is 1. The average Bonchev–Trinajstić information content (AvgIpc) is 3.63. The lowest BCUT2D eigenvalue weighted by atomic mass is 9.94. The molecule has 2 aliphatic rings. The molecule has 1 N–H and O–H groups in total. The lowest BCUT2D eigenvalue weighted by molar-refractivity contribution is -0.127. The highest BCUT2D eigenvalue weighted by molar-refractivity contribution is 7.09. The lowest BCUT2D eigenvalue weighted by Crippen LogP contribution is -2.46. The van der Waals surface area contributed by atoms with Crippen LogP contribution in [0.1, 0.15) is 64.9 Å². The average molecular weight is 540 g/mol. The van der Waals surface area contributed by atoms with Gasteiger partial charge in [-0.1, -0.05) is 37.5 Å². The predicted octanol–water partition coefficient (Wildman–Crippen LogP) is 5.15. The largest absolute Gasteiger partial charge is 0.455 e. The number of benzene rings is 1. The van der Waals surface area contributed by atoms with Crippen molar-refractivity contribution in [3.8, 4) is 0 Å². The van der Waals surface area contributed by atoms with E-state index in [-0.39, 0.29) is 30.2 Å². The first-order chi connectivity index (χ1) is 18.6. The van der Waals surface area contributed by atoms with Gasteiger partial charge in [0.05, 0.1) is 26.3 Å². The van der Waals surface area contributed by atoms with E-state index in [2.05, 4.69) is 10.2 Å². The minimum absolute atomic E-state index is 0.0710. The molecule has 2 aromatic heterocycles. The van der Waals surface area contributed by atoms with Crippen LogP contribution < -0.4 is 5.32 Å². The number of ether oxygens (including phenoxy) is 1. The molecule has 5 rings (SSSR count). The number of rotatable bonds is 9. The number of amides is 2. The van der Waals surface area contributed by atoms with Gasteiger partial charge in [0, 0.05) is 24.0 Å². The molecule has 2 amide bonds. The van der Waals surface area contributed by atoms with Crippen LogP contribution >= 0.6 is 11.3 Å². The van der Waals surface area contributed by atoms with Gasteiger partial charge in [0.2, 0.25) is 5.91 Å². The smallest absolute Gasteiger partial charge is 0.290 e. The van der Waals surface area contributed by atoms with Crippen molar-refractivity contribution >= 4 is 23.2 Å². The summed E-state index contributed by atoms with van der Waals surface area (Å²) in [5, 5.41) is 5.13. The molecule has 1 aromatic carbocycles. The molecule has 1 aliphatic heterocycles. The van der Waals surface area contributed by atoms with Crippen molar-refractivity contribution in [3.63, 3.8) is 0 Å². The molecular formula is C29H34FN3O4S. The van der Waals surface area contributed by atoms with Crippen LogP contribution in [-0.4, -0.2) is 54.0 Å². The van der Waals surface area contributed by atoms with Gasteiger partial charge in [0.25, 0.3) is 5.91 Å². The Morgan fingerprint density at radius 2 is 1.82 bits per heavy atom. The molecule has 2 fully saturated rings. The standard InChI is InChI=1S/C29H34FN3O4S/c30-22-10-8-21(9-11-22)27(28(34)31-23-5-2-1-3-6-23)33(20-25-7-4-18-38-25)29(35)26-13-12-24(37-26)19-32-14-16-36-17-15-32/h4,7-13,18,23,27H,1-3,5-6,14-17,19-20H2,(H,31,34)/t27-/m1/s1. The Balaban J connectivity index is 1.44. The van der Waals surface area contributed by atoms with Crippen molar-refractivity contribution < 1.29 is 23.1 Å². The van der Waals surface area contributed by atoms with E-state index in [0.29, 0.717) is 31.1 Å². The molecule has 1 aliphatic carbocycles. The van der Waals surface area contributed by atoms with E-state index in [1.165, 1.54) is 29.9 Å². The molecule has 1 saturated carbocycles. The summed E-state index contributed by atoms with van der Waals surface area (Å²) in [6.07, 6.45) is 5.15. The molecule has 38 heavy (non-hydrogen) atoms. The number of carbonyl (C=O) groups excluding carboxylic acids is 2. The van der Waals surface area contributed by atoms with Crippen molar-refractivity contribution in [2.75, 3.05) is 26.3 Å². The lowest BCUT2D eigenvalue weighted by Gasteiger charge is -2.32. The number of nitrogens with one attached hydrogen (secondary N) is 1. The topological polar surface area (TPSA) is 75.0 Å². The monoisotopic (exact) mass is 539 g/mol. The fraction of sp³-hybridized carbons (Fsp3) is 0.448. The zero-order valence-electron chi connectivity index (χ0n) is 21.4. The van der Waals surface area contributed by atoms with E-state index in [1.807, 2.05) is 23.6 Å². The van der Waals surface area contributed by atoms with E-state index >= 15 is 0 Å². The number of thiophene rings is 1. The minimum Gasteiger partial charge on any atom is -0.455 e. The maximum Gasteiger partial charge on any atom is 0.290 e. The van der Waals surface area contributed by atoms with Crippen LogP contribution in [0.2, 0.25) is 0 Å². The number of morpholine rings is 1. The summed E-state index contributed by atoms with van der Waals surface area (Å²) in [5.74, 6) is -0.151. The SMILES string of the molecule is O=C(NC1CCCCC1)[C@@H](c1ccc(F)cc1)N(Cc1cccs1)C(=O)c1ccc(CN2CCOCC2)o1. The van der Waals surface area contributed by atoms with E-state index < -0.39 is 11.9 Å². The molecule has 0 bridgehead atoms. The summed E-state index contributed by atoms with van der Waals surface area (Å²) >= 11 is 1.52. The number of furan rings is 1. The first-order valence-corrected chi connectivity index (χ1v) is 14.2. The molecular weight excluding hydrogens is 505 g/mol. The fourth-order valence-electron chi connectivity index (χ4n) is 5.19. The van der Waals surface area contributed by atoms with Gasteiger partial charge in [-0.25, -0.2) is 4.39 Å². The molecule has 3 heterocycles. The molecule has 0 radical (unpaired) electrons. The molecule has 7 nitrogen and oxygen atoms in total. The van der Waals surface area contributed by atoms with Crippen molar-refractivity contribution in [3.05, 3.63) is 81.7 Å². The number of hydrogen-bond acceptors (Lipinski definition) is 6. The fourth-order valence-corrected chi connectivity index (χ4v) is 5.90. The van der Waals surface area contributed by atoms with Gasteiger partial charge in [-0.15, -0.1) is 11.3 Å². The first kappa shape index (κ1) is 26.6. The molecule has 1 atom stereocenters. The second kappa shape index (κ2) is 12.7. The highest BCUT2D eigenvalue weighted by atomic mass is 32.1. The highest BCUT2D eigenvalue weighted by Crippen LogP contribution is 2.29. The normalized spacial score (nSPS) is 17.7. The number of hydrogen-bond donors (Lipinski definition) is 1. The summed E-state index contributed by atoms with van der Waals surface area (Å²) < 4.78 is 25.3. The number of nitrogens with zero attached hydrogens (tertiary/aromatic N) is 2. The van der Waals surface area contributed by atoms with Crippen LogP contribution in [0.3, 0.4) is 0 Å². The van der Waals surface area contributed by atoms with Crippen LogP contribution in [0.15, 0.2) is 58.3 Å². The van der Waals surface area contributed by atoms with Crippen molar-refractivity contribution in [2.24, 2.45) is 0 Å². The highest BCUT2D eigenvalue weighted by Gasteiger charge is 2.35. The first-order valence-electron chi connectivity index (χ1n) is 13.3. The molecule has 1 saturated heterocycles. The van der Waals surface area contributed by atoms with Crippen LogP contribution in [0.5, 0.6) is 0 Å². The van der Waals surface area contributed by atoms with Gasteiger partial charge < -0.3 is 19.4 Å². The van der Waals surface area contributed by atoms with E-state index in [0.717, 1.165) is 43.6 Å². The summed E-state index contributed by atoms with van der Waals surface area (Å²) in [4.78, 5) is 32.5. The van der Waals surface area contributed by atoms with Crippen LogP contribution in [0.25, 0.3) is 0 Å². The minimum atomic E-state index is -0.931. The van der Waals surface area contributed by atoms with Crippen molar-refractivity contribution in [1.29, 1.82) is 0 Å². The summed E-state index contributed by atoms with van der Waals surface area (Å²) in [7, 11) is 0. The third-order valence-electron chi connectivity index (χ3n) is 7.22. The predicted molar refractivity (Wildman–Crippen MR) is 143 cm³/mol. The van der Waals surface area contributed by atoms with Crippen LogP contribution in [-0.2, 0) is 22.6 Å². The van der Waals surface area contributed by atoms with Crippen molar-refractivity contribution in [2.45, 2.75) is 57.3 Å². The van der Waals surface area contributed by atoms with Crippen LogP contribution in [0.4, 0.5) is 4.39 Å². The quantitative estimate of drug-likeness (QED) is 0.407. The van der Waals surface area contributed by atoms with Gasteiger partial charge >= 0.3 is 0 Å². The Bertz CT molecular complexity index is 1180. The Labute approximate surface area is 226 Å². The number of carbonyl (C=O) groups is 2. The van der Waals surface area contributed by atoms with Gasteiger partial charge in [-0.2, -0.15) is 0 Å². The van der Waals surface area contributed by atoms with Gasteiger partial charge in [-0.3, -0.25) is 14.5 Å². The van der Waals surface area contributed by atoms with Gasteiger partial charge in [0.15, 0.2) is 5.76 Å². The van der Waals surface area contributed by atoms with E-state index in [9.17, 15) is 14.0 Å². The van der Waals surface area contributed by atoms with Crippen LogP contribution in [0, 0.1) is 5.82 Å². The third-order valence-corrected chi connectivity index (χ3v) is 8.08. The zero-order valence-corrected chi connectivity index (χ0v) is 22.3. The molecule has 9 heteroatoms. The maximum atomic E-state index is 14.0.